The number of nitrogen functional groups attached to an aromatic ring is 1. The predicted octanol–water partition coefficient (Wildman–Crippen LogP) is 3.05. The lowest BCUT2D eigenvalue weighted by molar-refractivity contribution is 0.0450. The van der Waals surface area contributed by atoms with Crippen molar-refractivity contribution in [1.82, 2.24) is 0 Å². The van der Waals surface area contributed by atoms with Crippen LogP contribution in [0.2, 0.25) is 0 Å². The van der Waals surface area contributed by atoms with E-state index in [0.717, 1.165) is 11.1 Å². The summed E-state index contributed by atoms with van der Waals surface area (Å²) in [7, 11) is 5.83. The molecule has 0 bridgehead atoms. The van der Waals surface area contributed by atoms with Crippen molar-refractivity contribution in [2.75, 3.05) is 18.9 Å². The summed E-state index contributed by atoms with van der Waals surface area (Å²) in [5, 5.41) is 1.10. The van der Waals surface area contributed by atoms with Crippen molar-refractivity contribution in [1.29, 1.82) is 0 Å². The van der Waals surface area contributed by atoms with Gasteiger partial charge in [-0.25, -0.2) is 4.79 Å². The van der Waals surface area contributed by atoms with E-state index in [2.05, 4.69) is 22.0 Å². The molecule has 0 fully saturated rings. The zero-order valence-electron chi connectivity index (χ0n) is 11.7. The zero-order valence-corrected chi connectivity index (χ0v) is 14.8. The summed E-state index contributed by atoms with van der Waals surface area (Å²) < 4.78 is 10.6. The monoisotopic (exact) mass is 425 g/mol. The Kier molecular flexibility index (Phi) is 6.52. The van der Waals surface area contributed by atoms with Crippen molar-refractivity contribution in [2.24, 2.45) is 0 Å². The molecule has 1 atom stereocenters. The summed E-state index contributed by atoms with van der Waals surface area (Å²) >= 11 is 2.21. The second kappa shape index (κ2) is 8.39. The van der Waals surface area contributed by atoms with Crippen molar-refractivity contribution in [3.8, 4) is 5.75 Å². The summed E-state index contributed by atoms with van der Waals surface area (Å²) in [5.74, 6) is 0.332. The molecule has 22 heavy (non-hydrogen) atoms. The van der Waals surface area contributed by atoms with Crippen LogP contribution in [0.1, 0.15) is 10.4 Å². The molecule has 1 unspecified atom stereocenters. The Morgan fingerprint density at radius 3 is 2.32 bits per heavy atom. The topological polar surface area (TPSA) is 61.5 Å². The van der Waals surface area contributed by atoms with E-state index in [-0.39, 0.29) is 6.61 Å². The maximum Gasteiger partial charge on any atom is 0.338 e. The number of carbonyl (C=O) groups excluding carboxylic acids is 1. The fourth-order valence-corrected chi connectivity index (χ4v) is 3.08. The highest BCUT2D eigenvalue weighted by molar-refractivity contribution is 14.2. The predicted molar refractivity (Wildman–Crippen MR) is 99.4 cm³/mol. The first-order chi connectivity index (χ1) is 10.6. The molecule has 0 spiro atoms. The van der Waals surface area contributed by atoms with Crippen LogP contribution in [-0.2, 0) is 4.74 Å². The highest BCUT2D eigenvalue weighted by Gasteiger charge is 2.06. The molecule has 0 aliphatic heterocycles. The van der Waals surface area contributed by atoms with Gasteiger partial charge in [0.2, 0.25) is 0 Å². The fraction of sp³-hybridized carbons (Fsp3) is 0.133. The number of hydrogen-bond acceptors (Lipinski definition) is 4. The van der Waals surface area contributed by atoms with Gasteiger partial charge < -0.3 is 15.2 Å². The van der Waals surface area contributed by atoms with Crippen molar-refractivity contribution in [3.63, 3.8) is 0 Å². The van der Waals surface area contributed by atoms with Gasteiger partial charge in [0.05, 0.1) is 5.56 Å². The van der Waals surface area contributed by atoms with E-state index >= 15 is 0 Å². The van der Waals surface area contributed by atoms with E-state index < -0.39 is 11.4 Å². The van der Waals surface area contributed by atoms with Crippen LogP contribution >= 0.6 is 27.5 Å². The third-order valence-electron chi connectivity index (χ3n) is 2.81. The second-order valence-electron chi connectivity index (χ2n) is 4.41. The number of ether oxygens (including phenoxy) is 2. The smallest absolute Gasteiger partial charge is 0.338 e. The molecule has 0 heterocycles. The van der Waals surface area contributed by atoms with Gasteiger partial charge >= 0.3 is 5.97 Å². The lowest BCUT2D eigenvalue weighted by atomic mass is 10.2. The van der Waals surface area contributed by atoms with E-state index in [4.69, 9.17) is 22.8 Å². The van der Waals surface area contributed by atoms with Crippen LogP contribution in [0, 0.1) is 0 Å². The molecule has 4 nitrogen and oxygen atoms in total. The Hall–Kier alpha value is -1.27. The molecule has 0 aromatic heterocycles. The Morgan fingerprint density at radius 1 is 1.09 bits per heavy atom. The van der Waals surface area contributed by atoms with E-state index in [9.17, 15) is 4.79 Å². The molecule has 0 saturated heterocycles. The number of carbonyl (C=O) groups is 1. The van der Waals surface area contributed by atoms with Crippen LogP contribution in [0.5, 0.6) is 5.75 Å². The zero-order chi connectivity index (χ0) is 15.9. The van der Waals surface area contributed by atoms with Gasteiger partial charge in [0.15, 0.2) is 0 Å². The minimum absolute atomic E-state index is 0.181. The summed E-state index contributed by atoms with van der Waals surface area (Å²) in [4.78, 5) is 11.8. The summed E-state index contributed by atoms with van der Waals surface area (Å²) in [6.07, 6.45) is 0. The first-order valence-corrected chi connectivity index (χ1v) is 10.7. The van der Waals surface area contributed by atoms with Crippen LogP contribution in [0.25, 0.3) is 0 Å². The van der Waals surface area contributed by atoms with Gasteiger partial charge in [-0.2, -0.15) is 0 Å². The number of nitrogens with two attached hydrogens (primary N) is 1. The van der Waals surface area contributed by atoms with E-state index in [1.165, 1.54) is 0 Å². The van der Waals surface area contributed by atoms with E-state index in [1.807, 2.05) is 24.3 Å². The fourth-order valence-electron chi connectivity index (χ4n) is 1.68. The average Bonchev–Trinajstić information content (AvgIpc) is 2.52. The molecule has 0 amide bonds. The molecule has 2 aromatic rings. The van der Waals surface area contributed by atoms with Gasteiger partial charge in [0.1, 0.15) is 26.5 Å². The molecular formula is C15H14BINO3P. The molecule has 2 rings (SSSR count). The number of anilines is 1. The van der Waals surface area contributed by atoms with Gasteiger partial charge in [0, 0.05) is 5.69 Å². The van der Waals surface area contributed by atoms with Gasteiger partial charge in [0.25, 0.3) is 0 Å². The van der Waals surface area contributed by atoms with Gasteiger partial charge in [-0.3, -0.25) is 0 Å². The van der Waals surface area contributed by atoms with Crippen molar-refractivity contribution >= 4 is 52.0 Å². The number of esters is 1. The Morgan fingerprint density at radius 2 is 1.73 bits per heavy atom. The van der Waals surface area contributed by atoms with Crippen molar-refractivity contribution < 1.29 is 14.3 Å². The summed E-state index contributed by atoms with van der Waals surface area (Å²) in [5.41, 5.74) is 6.01. The Balaban J connectivity index is 1.74. The quantitative estimate of drug-likeness (QED) is 0.193. The SMILES string of the molecule is [B]P(I)c1ccc(OCCOC(=O)c2ccc(N)cc2)cc1. The number of benzene rings is 2. The summed E-state index contributed by atoms with van der Waals surface area (Å²) in [6, 6.07) is 14.2. The highest BCUT2D eigenvalue weighted by atomic mass is 127. The minimum atomic E-state index is -0.625. The average molecular weight is 425 g/mol. The van der Waals surface area contributed by atoms with Crippen LogP contribution in [0.15, 0.2) is 48.5 Å². The van der Waals surface area contributed by atoms with Gasteiger partial charge in [-0.15, -0.1) is 0 Å². The van der Waals surface area contributed by atoms with Gasteiger partial charge in [-0.05, 0) is 41.7 Å². The Labute approximate surface area is 145 Å². The molecule has 0 aliphatic rings. The minimum Gasteiger partial charge on any atom is -0.490 e. The molecule has 0 aliphatic carbocycles. The maximum absolute atomic E-state index is 11.8. The molecule has 7 heteroatoms. The maximum atomic E-state index is 11.8. The lowest BCUT2D eigenvalue weighted by Crippen LogP contribution is -2.12. The van der Waals surface area contributed by atoms with Crippen molar-refractivity contribution in [2.45, 2.75) is 0 Å². The third-order valence-corrected chi connectivity index (χ3v) is 5.28. The van der Waals surface area contributed by atoms with Crippen LogP contribution in [0.3, 0.4) is 0 Å². The highest BCUT2D eigenvalue weighted by Crippen LogP contribution is 2.37. The molecule has 2 aromatic carbocycles. The van der Waals surface area contributed by atoms with E-state index in [0.29, 0.717) is 17.9 Å². The third kappa shape index (κ3) is 5.18. The van der Waals surface area contributed by atoms with Crippen molar-refractivity contribution in [3.05, 3.63) is 54.1 Å². The first-order valence-electron chi connectivity index (χ1n) is 6.52. The number of hydrogen-bond donors (Lipinski definition) is 1. The normalized spacial score (nSPS) is 11.7. The molecule has 2 radical (unpaired) electrons. The molecule has 2 N–H and O–H groups in total. The molecular weight excluding hydrogens is 411 g/mol. The second-order valence-corrected chi connectivity index (χ2v) is 8.67. The van der Waals surface area contributed by atoms with Crippen LogP contribution in [-0.4, -0.2) is 26.7 Å². The largest absolute Gasteiger partial charge is 0.490 e. The lowest BCUT2D eigenvalue weighted by Gasteiger charge is -2.09. The van der Waals surface area contributed by atoms with Crippen LogP contribution < -0.4 is 15.8 Å². The van der Waals surface area contributed by atoms with Gasteiger partial charge in [-0.1, -0.05) is 39.6 Å². The van der Waals surface area contributed by atoms with E-state index in [1.54, 1.807) is 24.3 Å². The molecule has 0 saturated carbocycles. The number of halogens is 1. The Bertz CT molecular complexity index is 620. The van der Waals surface area contributed by atoms with Crippen LogP contribution in [0.4, 0.5) is 5.69 Å². The molecule has 112 valence electrons. The standard InChI is InChI=1S/C15H14BINO3P/c16-22(17)14-7-5-13(6-8-14)20-9-10-21-15(19)11-1-3-12(18)4-2-11/h1-8H,9-10,18H2. The number of rotatable bonds is 6. The summed E-state index contributed by atoms with van der Waals surface area (Å²) in [6.45, 7) is 0.475. The first kappa shape index (κ1) is 17.1.